The molecule has 108 valence electrons. The summed E-state index contributed by atoms with van der Waals surface area (Å²) < 4.78 is 13.9. The maximum atomic E-state index is 13.9. The zero-order valence-corrected chi connectivity index (χ0v) is 13.2. The van der Waals surface area contributed by atoms with E-state index in [9.17, 15) is 4.39 Å². The molecule has 2 rings (SSSR count). The van der Waals surface area contributed by atoms with Gasteiger partial charge in [-0.3, -0.25) is 0 Å². The third kappa shape index (κ3) is 3.57. The summed E-state index contributed by atoms with van der Waals surface area (Å²) in [5.74, 6) is -0.279. The van der Waals surface area contributed by atoms with Gasteiger partial charge in [-0.25, -0.2) is 9.37 Å². The molecule has 0 saturated heterocycles. The Labute approximate surface area is 128 Å². The van der Waals surface area contributed by atoms with Crippen LogP contribution in [-0.2, 0) is 13.0 Å². The van der Waals surface area contributed by atoms with Gasteiger partial charge in [-0.2, -0.15) is 0 Å². The van der Waals surface area contributed by atoms with Gasteiger partial charge in [-0.15, -0.1) is 11.3 Å². The average Bonchev–Trinajstić information content (AvgIpc) is 2.85. The van der Waals surface area contributed by atoms with Crippen molar-refractivity contribution in [3.05, 3.63) is 39.6 Å². The van der Waals surface area contributed by atoms with E-state index in [1.807, 2.05) is 0 Å². The van der Waals surface area contributed by atoms with Crippen LogP contribution >= 0.6 is 22.9 Å². The second-order valence-electron chi connectivity index (χ2n) is 4.54. The molecule has 1 N–H and O–H groups in total. The Morgan fingerprint density at radius 1 is 1.35 bits per heavy atom. The minimum absolute atomic E-state index is 0.279. The van der Waals surface area contributed by atoms with Crippen LogP contribution < -0.4 is 5.32 Å². The Balaban J connectivity index is 2.30. The summed E-state index contributed by atoms with van der Waals surface area (Å²) in [6, 6.07) is 4.58. The topological polar surface area (TPSA) is 24.9 Å². The van der Waals surface area contributed by atoms with Gasteiger partial charge >= 0.3 is 0 Å². The van der Waals surface area contributed by atoms with Crippen LogP contribution in [0, 0.1) is 5.82 Å². The van der Waals surface area contributed by atoms with Crippen molar-refractivity contribution in [2.45, 2.75) is 33.2 Å². The van der Waals surface area contributed by atoms with Crippen molar-refractivity contribution in [1.29, 1.82) is 0 Å². The SMILES string of the molecule is CCCNCc1sc(-c2cc(Cl)ccc2F)nc1CC. The van der Waals surface area contributed by atoms with Gasteiger partial charge in [0.05, 0.1) is 5.69 Å². The van der Waals surface area contributed by atoms with Crippen LogP contribution in [0.1, 0.15) is 30.8 Å². The molecule has 1 heterocycles. The maximum Gasteiger partial charge on any atom is 0.133 e. The molecular formula is C15H18ClFN2S. The van der Waals surface area contributed by atoms with Crippen LogP contribution in [0.25, 0.3) is 10.6 Å². The van der Waals surface area contributed by atoms with E-state index in [0.29, 0.717) is 15.6 Å². The van der Waals surface area contributed by atoms with E-state index in [0.717, 1.165) is 31.6 Å². The first-order valence-electron chi connectivity index (χ1n) is 6.80. The summed E-state index contributed by atoms with van der Waals surface area (Å²) in [6.07, 6.45) is 1.94. The minimum Gasteiger partial charge on any atom is -0.312 e. The molecular weight excluding hydrogens is 295 g/mol. The lowest BCUT2D eigenvalue weighted by molar-refractivity contribution is 0.631. The number of benzene rings is 1. The summed E-state index contributed by atoms with van der Waals surface area (Å²) in [6.45, 7) is 5.96. The highest BCUT2D eigenvalue weighted by Gasteiger charge is 2.14. The Kier molecular flexibility index (Phi) is 5.52. The highest BCUT2D eigenvalue weighted by Crippen LogP contribution is 2.32. The lowest BCUT2D eigenvalue weighted by Gasteiger charge is -2.01. The van der Waals surface area contributed by atoms with Gasteiger partial charge in [-0.05, 0) is 37.6 Å². The zero-order chi connectivity index (χ0) is 14.5. The second kappa shape index (κ2) is 7.16. The predicted octanol–water partition coefficient (Wildman–Crippen LogP) is 4.66. The number of aromatic nitrogens is 1. The normalized spacial score (nSPS) is 11.0. The van der Waals surface area contributed by atoms with Crippen molar-refractivity contribution in [3.8, 4) is 10.6 Å². The number of nitrogens with zero attached hydrogens (tertiary/aromatic N) is 1. The fraction of sp³-hybridized carbons (Fsp3) is 0.400. The van der Waals surface area contributed by atoms with Crippen LogP contribution in [0.5, 0.6) is 0 Å². The molecule has 0 amide bonds. The lowest BCUT2D eigenvalue weighted by atomic mass is 10.2. The summed E-state index contributed by atoms with van der Waals surface area (Å²) in [5.41, 5.74) is 1.52. The van der Waals surface area contributed by atoms with Crippen molar-refractivity contribution >= 4 is 22.9 Å². The fourth-order valence-corrected chi connectivity index (χ4v) is 3.26. The van der Waals surface area contributed by atoms with Gasteiger partial charge in [0.2, 0.25) is 0 Å². The van der Waals surface area contributed by atoms with E-state index in [1.54, 1.807) is 12.1 Å². The number of halogens is 2. The highest BCUT2D eigenvalue weighted by molar-refractivity contribution is 7.15. The van der Waals surface area contributed by atoms with Gasteiger partial charge in [0.15, 0.2) is 0 Å². The van der Waals surface area contributed by atoms with E-state index < -0.39 is 0 Å². The van der Waals surface area contributed by atoms with Crippen LogP contribution in [-0.4, -0.2) is 11.5 Å². The van der Waals surface area contributed by atoms with Crippen LogP contribution in [0.15, 0.2) is 18.2 Å². The quantitative estimate of drug-likeness (QED) is 0.784. The second-order valence-corrected chi connectivity index (χ2v) is 6.06. The molecule has 0 saturated carbocycles. The molecule has 0 bridgehead atoms. The smallest absolute Gasteiger partial charge is 0.133 e. The van der Waals surface area contributed by atoms with E-state index in [4.69, 9.17) is 11.6 Å². The molecule has 0 unspecified atom stereocenters. The third-order valence-corrected chi connectivity index (χ3v) is 4.35. The van der Waals surface area contributed by atoms with Crippen LogP contribution in [0.4, 0.5) is 4.39 Å². The Hall–Kier alpha value is -0.970. The molecule has 0 atom stereocenters. The first-order chi connectivity index (χ1) is 9.65. The number of nitrogens with one attached hydrogen (secondary N) is 1. The number of rotatable bonds is 6. The highest BCUT2D eigenvalue weighted by atomic mass is 35.5. The van der Waals surface area contributed by atoms with E-state index in [-0.39, 0.29) is 5.82 Å². The lowest BCUT2D eigenvalue weighted by Crippen LogP contribution is -2.13. The number of hydrogen-bond acceptors (Lipinski definition) is 3. The van der Waals surface area contributed by atoms with E-state index in [2.05, 4.69) is 24.1 Å². The largest absolute Gasteiger partial charge is 0.312 e. The first kappa shape index (κ1) is 15.4. The zero-order valence-electron chi connectivity index (χ0n) is 11.7. The van der Waals surface area contributed by atoms with Gasteiger partial charge < -0.3 is 5.32 Å². The molecule has 0 aliphatic carbocycles. The maximum absolute atomic E-state index is 13.9. The van der Waals surface area contributed by atoms with E-state index >= 15 is 0 Å². The summed E-state index contributed by atoms with van der Waals surface area (Å²) in [7, 11) is 0. The molecule has 5 heteroatoms. The predicted molar refractivity (Wildman–Crippen MR) is 83.9 cm³/mol. The van der Waals surface area contributed by atoms with Crippen molar-refractivity contribution in [3.63, 3.8) is 0 Å². The molecule has 0 aliphatic heterocycles. The van der Waals surface area contributed by atoms with Gasteiger partial charge in [0, 0.05) is 22.0 Å². The first-order valence-corrected chi connectivity index (χ1v) is 7.99. The van der Waals surface area contributed by atoms with E-state index in [1.165, 1.54) is 22.3 Å². The van der Waals surface area contributed by atoms with Crippen molar-refractivity contribution < 1.29 is 4.39 Å². The van der Waals surface area contributed by atoms with Crippen LogP contribution in [0.3, 0.4) is 0 Å². The molecule has 0 fully saturated rings. The molecule has 0 spiro atoms. The standard InChI is InChI=1S/C15H18ClFN2S/c1-3-7-18-9-14-13(4-2)19-15(20-14)11-8-10(16)5-6-12(11)17/h5-6,8,18H,3-4,7,9H2,1-2H3. The van der Waals surface area contributed by atoms with Gasteiger partial charge in [-0.1, -0.05) is 25.4 Å². The van der Waals surface area contributed by atoms with Crippen molar-refractivity contribution in [2.24, 2.45) is 0 Å². The molecule has 20 heavy (non-hydrogen) atoms. The molecule has 0 radical (unpaired) electrons. The molecule has 0 aliphatic rings. The molecule has 1 aromatic carbocycles. The van der Waals surface area contributed by atoms with Crippen LogP contribution in [0.2, 0.25) is 5.02 Å². The number of thiazole rings is 1. The summed E-state index contributed by atoms with van der Waals surface area (Å²) in [5, 5.41) is 4.60. The van der Waals surface area contributed by atoms with Gasteiger partial charge in [0.1, 0.15) is 10.8 Å². The van der Waals surface area contributed by atoms with Crippen molar-refractivity contribution in [1.82, 2.24) is 10.3 Å². The fourth-order valence-electron chi connectivity index (χ4n) is 1.95. The third-order valence-electron chi connectivity index (χ3n) is 2.98. The Bertz CT molecular complexity index is 583. The molecule has 2 nitrogen and oxygen atoms in total. The summed E-state index contributed by atoms with van der Waals surface area (Å²) >= 11 is 7.49. The Morgan fingerprint density at radius 3 is 2.85 bits per heavy atom. The monoisotopic (exact) mass is 312 g/mol. The summed E-state index contributed by atoms with van der Waals surface area (Å²) in [4.78, 5) is 5.74. The minimum atomic E-state index is -0.279. The average molecular weight is 313 g/mol. The molecule has 1 aromatic heterocycles. The number of hydrogen-bond donors (Lipinski definition) is 1. The molecule has 2 aromatic rings. The van der Waals surface area contributed by atoms with Gasteiger partial charge in [0.25, 0.3) is 0 Å². The number of aryl methyl sites for hydroxylation is 1. The Morgan fingerprint density at radius 2 is 2.15 bits per heavy atom. The van der Waals surface area contributed by atoms with Crippen molar-refractivity contribution in [2.75, 3.05) is 6.54 Å².